The zero-order chi connectivity index (χ0) is 13.6. The Morgan fingerprint density at radius 2 is 1.95 bits per heavy atom. The number of rotatable bonds is 1. The molecule has 4 heteroatoms. The molecule has 0 radical (unpaired) electrons. The summed E-state index contributed by atoms with van der Waals surface area (Å²) in [6.07, 6.45) is 7.71. The van der Waals surface area contributed by atoms with E-state index in [0.717, 1.165) is 18.7 Å². The van der Waals surface area contributed by atoms with Gasteiger partial charge in [0.15, 0.2) is 0 Å². The van der Waals surface area contributed by atoms with Crippen molar-refractivity contribution in [1.29, 1.82) is 0 Å². The molecule has 1 aromatic heterocycles. The topological polar surface area (TPSA) is 37.0 Å². The standard InChI is InChI=1S/C17H22N2O.ClH/c1-20-12-5-6-15-14(11-12)13-7-10-18-17(16(13)19-15)8-3-2-4-9-17;/h5-6,11,18-19H,2-4,7-10H2,1H3;1H. The lowest BCUT2D eigenvalue weighted by Crippen LogP contribution is -2.48. The average molecular weight is 307 g/mol. The Labute approximate surface area is 131 Å². The van der Waals surface area contributed by atoms with Gasteiger partial charge in [0, 0.05) is 23.1 Å². The van der Waals surface area contributed by atoms with Gasteiger partial charge in [0.05, 0.1) is 12.6 Å². The number of hydrogen-bond donors (Lipinski definition) is 2. The van der Waals surface area contributed by atoms with Crippen molar-refractivity contribution in [3.8, 4) is 5.75 Å². The highest BCUT2D eigenvalue weighted by Crippen LogP contribution is 2.43. The summed E-state index contributed by atoms with van der Waals surface area (Å²) >= 11 is 0. The Kier molecular flexibility index (Phi) is 3.89. The van der Waals surface area contributed by atoms with Crippen molar-refractivity contribution in [3.63, 3.8) is 0 Å². The van der Waals surface area contributed by atoms with Gasteiger partial charge in [-0.1, -0.05) is 19.3 Å². The van der Waals surface area contributed by atoms with Crippen LogP contribution in [0.15, 0.2) is 18.2 Å². The molecular weight excluding hydrogens is 284 g/mol. The van der Waals surface area contributed by atoms with Crippen LogP contribution in [0.25, 0.3) is 10.9 Å². The summed E-state index contributed by atoms with van der Waals surface area (Å²) in [7, 11) is 1.74. The third-order valence-electron chi connectivity index (χ3n) is 5.14. The van der Waals surface area contributed by atoms with Crippen LogP contribution >= 0.6 is 12.4 Å². The first-order valence-electron chi connectivity index (χ1n) is 7.76. The van der Waals surface area contributed by atoms with Crippen LogP contribution in [0, 0.1) is 0 Å². The third kappa shape index (κ3) is 2.23. The van der Waals surface area contributed by atoms with Crippen LogP contribution in [0.1, 0.15) is 43.4 Å². The zero-order valence-electron chi connectivity index (χ0n) is 12.5. The van der Waals surface area contributed by atoms with Crippen molar-refractivity contribution < 1.29 is 4.74 Å². The van der Waals surface area contributed by atoms with Crippen LogP contribution in [0.5, 0.6) is 5.75 Å². The van der Waals surface area contributed by atoms with Crippen molar-refractivity contribution in [3.05, 3.63) is 29.5 Å². The predicted molar refractivity (Wildman–Crippen MR) is 88.6 cm³/mol. The summed E-state index contributed by atoms with van der Waals surface area (Å²) in [4.78, 5) is 3.71. The van der Waals surface area contributed by atoms with Gasteiger partial charge >= 0.3 is 0 Å². The van der Waals surface area contributed by atoms with E-state index in [2.05, 4.69) is 22.4 Å². The summed E-state index contributed by atoms with van der Waals surface area (Å²) in [5, 5.41) is 5.17. The van der Waals surface area contributed by atoms with E-state index in [1.54, 1.807) is 7.11 Å². The van der Waals surface area contributed by atoms with Gasteiger partial charge in [-0.25, -0.2) is 0 Å². The van der Waals surface area contributed by atoms with Gasteiger partial charge in [-0.3, -0.25) is 0 Å². The van der Waals surface area contributed by atoms with Gasteiger partial charge in [0.25, 0.3) is 0 Å². The van der Waals surface area contributed by atoms with E-state index in [1.807, 2.05) is 6.07 Å². The zero-order valence-corrected chi connectivity index (χ0v) is 13.3. The molecule has 1 aromatic carbocycles. The van der Waals surface area contributed by atoms with E-state index >= 15 is 0 Å². The average Bonchev–Trinajstić information content (AvgIpc) is 2.88. The van der Waals surface area contributed by atoms with Crippen LogP contribution < -0.4 is 10.1 Å². The quantitative estimate of drug-likeness (QED) is 0.838. The Bertz CT molecular complexity index is 644. The number of nitrogens with one attached hydrogen (secondary N) is 2. The van der Waals surface area contributed by atoms with Crippen molar-refractivity contribution >= 4 is 23.3 Å². The number of halogens is 1. The molecule has 1 aliphatic carbocycles. The molecule has 0 unspecified atom stereocenters. The van der Waals surface area contributed by atoms with Gasteiger partial charge in [-0.2, -0.15) is 0 Å². The van der Waals surface area contributed by atoms with Crippen molar-refractivity contribution in [2.24, 2.45) is 0 Å². The second-order valence-electron chi connectivity index (χ2n) is 6.21. The van der Waals surface area contributed by atoms with E-state index < -0.39 is 0 Å². The summed E-state index contributed by atoms with van der Waals surface area (Å²) in [6, 6.07) is 6.39. The monoisotopic (exact) mass is 306 g/mol. The maximum Gasteiger partial charge on any atom is 0.119 e. The molecule has 1 aliphatic heterocycles. The molecule has 21 heavy (non-hydrogen) atoms. The maximum absolute atomic E-state index is 5.39. The number of ether oxygens (including phenoxy) is 1. The minimum absolute atomic E-state index is 0. The SMILES string of the molecule is COc1ccc2[nH]c3c(c2c1)CCNC31CCCCC1.Cl. The van der Waals surface area contributed by atoms with Gasteiger partial charge in [0.1, 0.15) is 5.75 Å². The largest absolute Gasteiger partial charge is 0.497 e. The minimum Gasteiger partial charge on any atom is -0.497 e. The van der Waals surface area contributed by atoms with E-state index in [0.29, 0.717) is 0 Å². The molecule has 114 valence electrons. The first-order valence-corrected chi connectivity index (χ1v) is 7.76. The second kappa shape index (κ2) is 5.54. The van der Waals surface area contributed by atoms with E-state index in [1.165, 1.54) is 54.3 Å². The maximum atomic E-state index is 5.39. The van der Waals surface area contributed by atoms with Gasteiger partial charge in [0.2, 0.25) is 0 Å². The molecular formula is C17H23ClN2O. The Hall–Kier alpha value is -1.19. The van der Waals surface area contributed by atoms with Crippen LogP contribution in [-0.4, -0.2) is 18.6 Å². The van der Waals surface area contributed by atoms with E-state index in [4.69, 9.17) is 4.74 Å². The highest BCUT2D eigenvalue weighted by atomic mass is 35.5. The number of fused-ring (bicyclic) bond motifs is 4. The number of hydrogen-bond acceptors (Lipinski definition) is 2. The fourth-order valence-electron chi connectivity index (χ4n) is 4.12. The Morgan fingerprint density at radius 1 is 1.14 bits per heavy atom. The van der Waals surface area contributed by atoms with Crippen molar-refractivity contribution in [2.75, 3.05) is 13.7 Å². The van der Waals surface area contributed by atoms with Gasteiger partial charge in [-0.05, 0) is 43.0 Å². The van der Waals surface area contributed by atoms with Crippen molar-refractivity contribution in [2.45, 2.75) is 44.1 Å². The molecule has 1 saturated carbocycles. The molecule has 0 saturated heterocycles. The van der Waals surface area contributed by atoms with E-state index in [-0.39, 0.29) is 17.9 Å². The Balaban J connectivity index is 0.00000132. The van der Waals surface area contributed by atoms with Gasteiger partial charge in [-0.15, -0.1) is 12.4 Å². The lowest BCUT2D eigenvalue weighted by Gasteiger charge is -2.41. The third-order valence-corrected chi connectivity index (χ3v) is 5.14. The van der Waals surface area contributed by atoms with Crippen LogP contribution in [0.2, 0.25) is 0 Å². The second-order valence-corrected chi connectivity index (χ2v) is 6.21. The lowest BCUT2D eigenvalue weighted by atomic mass is 9.75. The lowest BCUT2D eigenvalue weighted by molar-refractivity contribution is 0.218. The summed E-state index contributed by atoms with van der Waals surface area (Å²) < 4.78 is 5.39. The van der Waals surface area contributed by atoms with Gasteiger partial charge < -0.3 is 15.0 Å². The number of aromatic nitrogens is 1. The first-order chi connectivity index (χ1) is 9.82. The predicted octanol–water partition coefficient (Wildman–Crippen LogP) is 3.90. The molecule has 1 fully saturated rings. The highest BCUT2D eigenvalue weighted by Gasteiger charge is 2.39. The first kappa shape index (κ1) is 14.7. The molecule has 4 rings (SSSR count). The van der Waals surface area contributed by atoms with Crippen LogP contribution in [-0.2, 0) is 12.0 Å². The molecule has 2 aliphatic rings. The summed E-state index contributed by atoms with van der Waals surface area (Å²) in [5.74, 6) is 0.954. The molecule has 2 N–H and O–H groups in total. The van der Waals surface area contributed by atoms with Crippen LogP contribution in [0.3, 0.4) is 0 Å². The molecule has 2 heterocycles. The molecule has 0 bridgehead atoms. The molecule has 2 aromatic rings. The van der Waals surface area contributed by atoms with Crippen LogP contribution in [0.4, 0.5) is 0 Å². The molecule has 0 amide bonds. The number of H-pyrrole nitrogens is 1. The number of aromatic amines is 1. The molecule has 1 spiro atoms. The summed E-state index contributed by atoms with van der Waals surface area (Å²) in [6.45, 7) is 1.09. The minimum atomic E-state index is 0. The number of benzene rings is 1. The number of methoxy groups -OCH3 is 1. The Morgan fingerprint density at radius 3 is 2.71 bits per heavy atom. The fourth-order valence-corrected chi connectivity index (χ4v) is 4.12. The molecule has 0 atom stereocenters. The van der Waals surface area contributed by atoms with E-state index in [9.17, 15) is 0 Å². The van der Waals surface area contributed by atoms with Crippen molar-refractivity contribution in [1.82, 2.24) is 10.3 Å². The normalized spacial score (nSPS) is 20.0. The molecule has 3 nitrogen and oxygen atoms in total. The summed E-state index contributed by atoms with van der Waals surface area (Å²) in [5.41, 5.74) is 4.42. The smallest absolute Gasteiger partial charge is 0.119 e. The highest BCUT2D eigenvalue weighted by molar-refractivity contribution is 5.87. The fraction of sp³-hybridized carbons (Fsp3) is 0.529.